The van der Waals surface area contributed by atoms with Gasteiger partial charge >= 0.3 is 0 Å². The van der Waals surface area contributed by atoms with Crippen LogP contribution in [0.2, 0.25) is 0 Å². The fourth-order valence-corrected chi connectivity index (χ4v) is 4.58. The van der Waals surface area contributed by atoms with Gasteiger partial charge in [-0.25, -0.2) is 0 Å². The average Bonchev–Trinajstić information content (AvgIpc) is 2.47. The molecule has 2 unspecified atom stereocenters. The first-order valence-electron chi connectivity index (χ1n) is 10.2. The van der Waals surface area contributed by atoms with Crippen LogP contribution in [0.25, 0.3) is 0 Å². The van der Waals surface area contributed by atoms with Crippen molar-refractivity contribution in [2.45, 2.75) is 123 Å². The number of hydrogen-bond donors (Lipinski definition) is 2. The molecule has 0 spiro atoms. The van der Waals surface area contributed by atoms with Crippen molar-refractivity contribution >= 4 is 12.6 Å². The third-order valence-corrected chi connectivity index (χ3v) is 6.02. The maximum Gasteiger partial charge on any atom is 0.0341 e. The molecule has 140 valence electrons. The van der Waals surface area contributed by atoms with Crippen LogP contribution in [0.3, 0.4) is 0 Å². The van der Waals surface area contributed by atoms with E-state index in [1.807, 2.05) is 0 Å². The third-order valence-electron chi connectivity index (χ3n) is 5.58. The van der Waals surface area contributed by atoms with E-state index in [0.29, 0.717) is 5.25 Å². The normalized spacial score (nSPS) is 16.3. The van der Waals surface area contributed by atoms with E-state index in [2.05, 4.69) is 46.9 Å². The highest BCUT2D eigenvalue weighted by atomic mass is 32.1. The molecule has 0 fully saturated rings. The van der Waals surface area contributed by atoms with Crippen molar-refractivity contribution in [3.8, 4) is 0 Å². The summed E-state index contributed by atoms with van der Waals surface area (Å²) in [5, 5.41) is 4.24. The summed E-state index contributed by atoms with van der Waals surface area (Å²) in [6, 6.07) is 0. The molecule has 0 bridgehead atoms. The molecule has 0 aliphatic heterocycles. The van der Waals surface area contributed by atoms with Gasteiger partial charge < -0.3 is 5.32 Å². The second-order valence-electron chi connectivity index (χ2n) is 8.36. The maximum atomic E-state index is 4.80. The van der Waals surface area contributed by atoms with E-state index in [0.717, 1.165) is 13.0 Å². The van der Waals surface area contributed by atoms with Crippen LogP contribution in [0.4, 0.5) is 0 Å². The van der Waals surface area contributed by atoms with Gasteiger partial charge in [0.05, 0.1) is 0 Å². The minimum absolute atomic E-state index is 0.134. The van der Waals surface area contributed by atoms with Gasteiger partial charge in [0.2, 0.25) is 0 Å². The molecule has 0 aliphatic carbocycles. The first-order valence-corrected chi connectivity index (χ1v) is 10.8. The van der Waals surface area contributed by atoms with Gasteiger partial charge in [0.25, 0.3) is 0 Å². The van der Waals surface area contributed by atoms with Crippen molar-refractivity contribution in [2.24, 2.45) is 5.41 Å². The quantitative estimate of drug-likeness (QED) is 0.255. The van der Waals surface area contributed by atoms with E-state index in [1.165, 1.54) is 64.2 Å². The van der Waals surface area contributed by atoms with E-state index in [9.17, 15) is 0 Å². The highest BCUT2D eigenvalue weighted by Gasteiger charge is 2.42. The lowest BCUT2D eigenvalue weighted by molar-refractivity contribution is 0.130. The van der Waals surface area contributed by atoms with Crippen LogP contribution in [0, 0.1) is 5.41 Å². The zero-order chi connectivity index (χ0) is 17.8. The first-order chi connectivity index (χ1) is 10.8. The summed E-state index contributed by atoms with van der Waals surface area (Å²) in [4.78, 5) is 0. The second-order valence-corrected chi connectivity index (χ2v) is 9.13. The minimum Gasteiger partial charge on any atom is -0.310 e. The molecule has 0 aromatic carbocycles. The highest BCUT2D eigenvalue weighted by molar-refractivity contribution is 7.81. The standard InChI is InChI=1S/C21H45NS/c1-7-9-10-11-12-13-14-15-16-17-18-22-21(8-2,19(3)23)20(4,5)6/h19,22-23H,7-18H2,1-6H3. The molecule has 1 nitrogen and oxygen atoms in total. The summed E-state index contributed by atoms with van der Waals surface area (Å²) < 4.78 is 0. The monoisotopic (exact) mass is 343 g/mol. The maximum absolute atomic E-state index is 4.80. The molecule has 0 rings (SSSR count). The lowest BCUT2D eigenvalue weighted by Crippen LogP contribution is -2.60. The van der Waals surface area contributed by atoms with E-state index < -0.39 is 0 Å². The Morgan fingerprint density at radius 1 is 0.783 bits per heavy atom. The van der Waals surface area contributed by atoms with Crippen LogP contribution >= 0.6 is 12.6 Å². The molecule has 0 heterocycles. The van der Waals surface area contributed by atoms with Crippen LogP contribution in [0.15, 0.2) is 0 Å². The predicted octanol–water partition coefficient (Wildman–Crippen LogP) is 7.01. The molecule has 2 atom stereocenters. The van der Waals surface area contributed by atoms with Crippen LogP contribution in [-0.2, 0) is 0 Å². The molecular formula is C21H45NS. The Hall–Kier alpha value is 0.310. The van der Waals surface area contributed by atoms with Crippen molar-refractivity contribution < 1.29 is 0 Å². The molecule has 0 aromatic rings. The van der Waals surface area contributed by atoms with Crippen LogP contribution in [0.1, 0.15) is 112 Å². The first kappa shape index (κ1) is 23.3. The summed E-state index contributed by atoms with van der Waals surface area (Å²) in [6.07, 6.45) is 15.2. The van der Waals surface area contributed by atoms with Crippen molar-refractivity contribution in [1.82, 2.24) is 5.32 Å². The molecule has 0 saturated heterocycles. The van der Waals surface area contributed by atoms with Gasteiger partial charge in [-0.3, -0.25) is 0 Å². The number of unbranched alkanes of at least 4 members (excludes halogenated alkanes) is 9. The summed E-state index contributed by atoms with van der Waals surface area (Å²) in [5.41, 5.74) is 0.372. The summed E-state index contributed by atoms with van der Waals surface area (Å²) in [7, 11) is 0. The van der Waals surface area contributed by atoms with Gasteiger partial charge in [-0.05, 0) is 24.8 Å². The molecular weight excluding hydrogens is 298 g/mol. The molecule has 0 amide bonds. The van der Waals surface area contributed by atoms with E-state index >= 15 is 0 Å². The van der Waals surface area contributed by atoms with Gasteiger partial charge in [-0.2, -0.15) is 12.6 Å². The molecule has 0 saturated carbocycles. The van der Waals surface area contributed by atoms with Gasteiger partial charge in [0.15, 0.2) is 0 Å². The van der Waals surface area contributed by atoms with Crippen LogP contribution < -0.4 is 5.32 Å². The second kappa shape index (κ2) is 12.6. The van der Waals surface area contributed by atoms with Crippen molar-refractivity contribution in [3.05, 3.63) is 0 Å². The lowest BCUT2D eigenvalue weighted by atomic mass is 9.69. The Balaban J connectivity index is 3.80. The van der Waals surface area contributed by atoms with Gasteiger partial charge in [-0.15, -0.1) is 0 Å². The number of rotatable bonds is 14. The smallest absolute Gasteiger partial charge is 0.0341 e. The van der Waals surface area contributed by atoms with E-state index in [1.54, 1.807) is 0 Å². The Labute approximate surface area is 153 Å². The van der Waals surface area contributed by atoms with Crippen LogP contribution in [0.5, 0.6) is 0 Å². The average molecular weight is 344 g/mol. The summed E-state index contributed by atoms with van der Waals surface area (Å²) >= 11 is 4.80. The molecule has 23 heavy (non-hydrogen) atoms. The van der Waals surface area contributed by atoms with Crippen molar-refractivity contribution in [1.29, 1.82) is 0 Å². The SMILES string of the molecule is CCCCCCCCCCCCNC(CC)(C(C)S)C(C)(C)C. The van der Waals surface area contributed by atoms with Gasteiger partial charge in [0, 0.05) is 10.8 Å². The summed E-state index contributed by atoms with van der Waals surface area (Å²) in [6.45, 7) is 15.0. The molecule has 0 radical (unpaired) electrons. The number of hydrogen-bond acceptors (Lipinski definition) is 2. The fourth-order valence-electron chi connectivity index (χ4n) is 3.91. The topological polar surface area (TPSA) is 12.0 Å². The Morgan fingerprint density at radius 3 is 1.57 bits per heavy atom. The number of thiol groups is 1. The minimum atomic E-state index is 0.134. The van der Waals surface area contributed by atoms with Crippen molar-refractivity contribution in [2.75, 3.05) is 6.54 Å². The fraction of sp³-hybridized carbons (Fsp3) is 1.00. The van der Waals surface area contributed by atoms with Crippen molar-refractivity contribution in [3.63, 3.8) is 0 Å². The predicted molar refractivity (Wildman–Crippen MR) is 111 cm³/mol. The third kappa shape index (κ3) is 8.82. The van der Waals surface area contributed by atoms with Gasteiger partial charge in [-0.1, -0.05) is 99.3 Å². The van der Waals surface area contributed by atoms with Gasteiger partial charge in [0.1, 0.15) is 0 Å². The van der Waals surface area contributed by atoms with E-state index in [-0.39, 0.29) is 11.0 Å². The van der Waals surface area contributed by atoms with Crippen LogP contribution in [-0.4, -0.2) is 17.3 Å². The largest absolute Gasteiger partial charge is 0.310 e. The Bertz CT molecular complexity index is 270. The summed E-state index contributed by atoms with van der Waals surface area (Å²) in [5.74, 6) is 0. The van der Waals surface area contributed by atoms with E-state index in [4.69, 9.17) is 12.6 Å². The Morgan fingerprint density at radius 2 is 1.22 bits per heavy atom. The molecule has 2 heteroatoms. The molecule has 1 N–H and O–H groups in total. The zero-order valence-electron chi connectivity index (χ0n) is 17.0. The molecule has 0 aliphatic rings. The zero-order valence-corrected chi connectivity index (χ0v) is 17.9. The molecule has 0 aromatic heterocycles. The highest BCUT2D eigenvalue weighted by Crippen LogP contribution is 2.38. The lowest BCUT2D eigenvalue weighted by Gasteiger charge is -2.48. The number of nitrogens with one attached hydrogen (secondary N) is 1. The Kier molecular flexibility index (Phi) is 12.8.